The van der Waals surface area contributed by atoms with Gasteiger partial charge in [0.15, 0.2) is 0 Å². The Hall–Kier alpha value is -1.51. The molecule has 0 spiro atoms. The fourth-order valence-electron chi connectivity index (χ4n) is 3.07. The minimum Gasteiger partial charge on any atom is -0.478 e. The van der Waals surface area contributed by atoms with E-state index in [1.54, 1.807) is 6.07 Å². The average molecular weight is 259 g/mol. The number of hydrogen-bond acceptors (Lipinski definition) is 2. The van der Waals surface area contributed by atoms with Gasteiger partial charge in [-0.15, -0.1) is 0 Å². The molecule has 0 heterocycles. The Bertz CT molecular complexity index is 478. The summed E-state index contributed by atoms with van der Waals surface area (Å²) in [5, 5.41) is 12.7. The largest absolute Gasteiger partial charge is 0.478 e. The van der Waals surface area contributed by atoms with E-state index in [0.717, 1.165) is 35.5 Å². The molecule has 3 nitrogen and oxygen atoms in total. The van der Waals surface area contributed by atoms with E-state index in [9.17, 15) is 9.90 Å². The van der Waals surface area contributed by atoms with Crippen molar-refractivity contribution in [3.63, 3.8) is 0 Å². The van der Waals surface area contributed by atoms with Crippen molar-refractivity contribution in [3.8, 4) is 0 Å². The van der Waals surface area contributed by atoms with Gasteiger partial charge in [0.2, 0.25) is 0 Å². The zero-order valence-electron chi connectivity index (χ0n) is 11.4. The molecule has 1 aromatic rings. The normalized spacial score (nSPS) is 18.6. The molecule has 0 aliphatic heterocycles. The predicted molar refractivity (Wildman–Crippen MR) is 75.6 cm³/mol. The third-order valence-corrected chi connectivity index (χ3v) is 4.47. The van der Waals surface area contributed by atoms with Gasteiger partial charge >= 0.3 is 5.97 Å². The average Bonchev–Trinajstić information content (AvgIpc) is 3.25. The van der Waals surface area contributed by atoms with E-state index >= 15 is 0 Å². The van der Waals surface area contributed by atoms with Crippen molar-refractivity contribution in [1.29, 1.82) is 0 Å². The molecule has 0 atom stereocenters. The van der Waals surface area contributed by atoms with Crippen molar-refractivity contribution in [3.05, 3.63) is 29.3 Å². The highest BCUT2D eigenvalue weighted by Gasteiger charge is 2.41. The van der Waals surface area contributed by atoms with Crippen molar-refractivity contribution < 1.29 is 9.90 Å². The van der Waals surface area contributed by atoms with Crippen LogP contribution >= 0.6 is 0 Å². The third-order valence-electron chi connectivity index (χ3n) is 4.47. The van der Waals surface area contributed by atoms with Crippen molar-refractivity contribution in [2.24, 2.45) is 17.8 Å². The maximum absolute atomic E-state index is 11.3. The molecular formula is C16H21NO2. The number of para-hydroxylation sites is 1. The molecule has 2 aliphatic carbocycles. The fraction of sp³-hybridized carbons (Fsp3) is 0.562. The molecule has 19 heavy (non-hydrogen) atoms. The number of carbonyl (C=O) groups is 1. The standard InChI is InChI=1S/C16H21NO2/c1-10-3-2-4-13(16(18)19)15(10)17-9-14(11-5-6-11)12-7-8-12/h2-4,11-12,14,17H,5-9H2,1H3,(H,18,19). The number of carboxylic acid groups (broad SMARTS) is 1. The van der Waals surface area contributed by atoms with Crippen molar-refractivity contribution in [1.82, 2.24) is 0 Å². The van der Waals surface area contributed by atoms with Crippen LogP contribution in [0.3, 0.4) is 0 Å². The number of nitrogens with one attached hydrogen (secondary N) is 1. The highest BCUT2D eigenvalue weighted by Crippen LogP contribution is 2.49. The topological polar surface area (TPSA) is 49.3 Å². The summed E-state index contributed by atoms with van der Waals surface area (Å²) in [6.45, 7) is 2.90. The second-order valence-electron chi connectivity index (χ2n) is 6.02. The maximum Gasteiger partial charge on any atom is 0.337 e. The zero-order chi connectivity index (χ0) is 13.4. The summed E-state index contributed by atoms with van der Waals surface area (Å²) in [5.74, 6) is 1.68. The summed E-state index contributed by atoms with van der Waals surface area (Å²) >= 11 is 0. The highest BCUT2D eigenvalue weighted by atomic mass is 16.4. The molecule has 0 amide bonds. The van der Waals surface area contributed by atoms with Crippen LogP contribution in [0.15, 0.2) is 18.2 Å². The van der Waals surface area contributed by atoms with Crippen LogP contribution in [-0.2, 0) is 0 Å². The van der Waals surface area contributed by atoms with E-state index in [-0.39, 0.29) is 0 Å². The first-order valence-corrected chi connectivity index (χ1v) is 7.23. The van der Waals surface area contributed by atoms with Crippen LogP contribution < -0.4 is 5.32 Å². The summed E-state index contributed by atoms with van der Waals surface area (Å²) in [4.78, 5) is 11.3. The van der Waals surface area contributed by atoms with E-state index < -0.39 is 5.97 Å². The summed E-state index contributed by atoms with van der Waals surface area (Å²) < 4.78 is 0. The lowest BCUT2D eigenvalue weighted by Gasteiger charge is -2.19. The van der Waals surface area contributed by atoms with Gasteiger partial charge in [-0.3, -0.25) is 0 Å². The molecule has 0 radical (unpaired) electrons. The maximum atomic E-state index is 11.3. The third kappa shape index (κ3) is 2.75. The van der Waals surface area contributed by atoms with Crippen LogP contribution in [-0.4, -0.2) is 17.6 Å². The van der Waals surface area contributed by atoms with Crippen LogP contribution in [0, 0.1) is 24.7 Å². The van der Waals surface area contributed by atoms with Gasteiger partial charge in [-0.05, 0) is 62.0 Å². The Morgan fingerprint density at radius 1 is 1.32 bits per heavy atom. The molecule has 102 valence electrons. The molecule has 0 bridgehead atoms. The van der Waals surface area contributed by atoms with Gasteiger partial charge in [0.05, 0.1) is 11.3 Å². The second-order valence-corrected chi connectivity index (χ2v) is 6.02. The van der Waals surface area contributed by atoms with Crippen LogP contribution in [0.1, 0.15) is 41.6 Å². The first-order valence-electron chi connectivity index (χ1n) is 7.23. The van der Waals surface area contributed by atoms with Crippen molar-refractivity contribution in [2.45, 2.75) is 32.6 Å². The molecule has 3 heteroatoms. The lowest BCUT2D eigenvalue weighted by molar-refractivity contribution is 0.0698. The Labute approximate surface area is 114 Å². The quantitative estimate of drug-likeness (QED) is 0.821. The van der Waals surface area contributed by atoms with Crippen LogP contribution in [0.25, 0.3) is 0 Å². The monoisotopic (exact) mass is 259 g/mol. The molecule has 2 N–H and O–H groups in total. The highest BCUT2D eigenvalue weighted by molar-refractivity contribution is 5.95. The van der Waals surface area contributed by atoms with E-state index in [0.29, 0.717) is 5.56 Å². The second kappa shape index (κ2) is 4.87. The molecule has 2 aliphatic rings. The lowest BCUT2D eigenvalue weighted by Crippen LogP contribution is -2.20. The lowest BCUT2D eigenvalue weighted by atomic mass is 9.97. The molecule has 2 fully saturated rings. The minimum atomic E-state index is -0.847. The Kier molecular flexibility index (Phi) is 3.21. The van der Waals surface area contributed by atoms with Gasteiger partial charge in [-0.25, -0.2) is 4.79 Å². The number of anilines is 1. The molecule has 0 saturated heterocycles. The number of benzene rings is 1. The summed E-state index contributed by atoms with van der Waals surface area (Å²) in [5.41, 5.74) is 2.22. The van der Waals surface area contributed by atoms with E-state index in [4.69, 9.17) is 0 Å². The first-order chi connectivity index (χ1) is 9.16. The van der Waals surface area contributed by atoms with E-state index in [1.165, 1.54) is 25.7 Å². The molecule has 0 unspecified atom stereocenters. The zero-order valence-corrected chi connectivity index (χ0v) is 11.4. The first kappa shape index (κ1) is 12.5. The van der Waals surface area contributed by atoms with Gasteiger partial charge in [0.1, 0.15) is 0 Å². The molecule has 0 aromatic heterocycles. The smallest absolute Gasteiger partial charge is 0.337 e. The number of aryl methyl sites for hydroxylation is 1. The van der Waals surface area contributed by atoms with E-state index in [2.05, 4.69) is 5.32 Å². The van der Waals surface area contributed by atoms with E-state index in [1.807, 2.05) is 19.1 Å². The van der Waals surface area contributed by atoms with Crippen LogP contribution in [0.2, 0.25) is 0 Å². The number of aromatic carboxylic acids is 1. The Morgan fingerprint density at radius 2 is 1.95 bits per heavy atom. The Morgan fingerprint density at radius 3 is 2.47 bits per heavy atom. The van der Waals surface area contributed by atoms with Gasteiger partial charge in [-0.1, -0.05) is 12.1 Å². The van der Waals surface area contributed by atoms with Crippen molar-refractivity contribution >= 4 is 11.7 Å². The summed E-state index contributed by atoms with van der Waals surface area (Å²) in [7, 11) is 0. The number of rotatable bonds is 6. The predicted octanol–water partition coefficient (Wildman–Crippen LogP) is 3.54. The SMILES string of the molecule is Cc1cccc(C(=O)O)c1NCC(C1CC1)C1CC1. The van der Waals surface area contributed by atoms with Gasteiger partial charge in [-0.2, -0.15) is 0 Å². The molecule has 2 saturated carbocycles. The van der Waals surface area contributed by atoms with Crippen LogP contribution in [0.4, 0.5) is 5.69 Å². The number of hydrogen-bond donors (Lipinski definition) is 2. The molecule has 1 aromatic carbocycles. The minimum absolute atomic E-state index is 0.394. The fourth-order valence-corrected chi connectivity index (χ4v) is 3.07. The van der Waals surface area contributed by atoms with Gasteiger partial charge in [0.25, 0.3) is 0 Å². The van der Waals surface area contributed by atoms with Crippen molar-refractivity contribution in [2.75, 3.05) is 11.9 Å². The molecular weight excluding hydrogens is 238 g/mol. The number of carboxylic acids is 1. The molecule has 3 rings (SSSR count). The Balaban J connectivity index is 1.73. The van der Waals surface area contributed by atoms with Crippen LogP contribution in [0.5, 0.6) is 0 Å². The summed E-state index contributed by atoms with van der Waals surface area (Å²) in [6, 6.07) is 5.46. The van der Waals surface area contributed by atoms with Gasteiger partial charge in [0, 0.05) is 6.54 Å². The van der Waals surface area contributed by atoms with Gasteiger partial charge < -0.3 is 10.4 Å². The summed E-state index contributed by atoms with van der Waals surface area (Å²) in [6.07, 6.45) is 5.45.